The van der Waals surface area contributed by atoms with Crippen LogP contribution in [-0.2, 0) is 4.79 Å². The van der Waals surface area contributed by atoms with Gasteiger partial charge in [-0.05, 0) is 51.6 Å². The van der Waals surface area contributed by atoms with Gasteiger partial charge in [0.2, 0.25) is 5.91 Å². The van der Waals surface area contributed by atoms with E-state index in [2.05, 4.69) is 23.6 Å². The Morgan fingerprint density at radius 2 is 1.56 bits per heavy atom. The molecule has 104 valence electrons. The average molecular weight is 252 g/mol. The molecule has 2 heterocycles. The van der Waals surface area contributed by atoms with E-state index < -0.39 is 0 Å². The molecule has 3 heteroatoms. The molecule has 2 saturated heterocycles. The van der Waals surface area contributed by atoms with Gasteiger partial charge < -0.3 is 4.90 Å². The predicted molar refractivity (Wildman–Crippen MR) is 74.5 cm³/mol. The summed E-state index contributed by atoms with van der Waals surface area (Å²) in [6.45, 7) is 8.58. The third kappa shape index (κ3) is 3.47. The lowest BCUT2D eigenvalue weighted by Crippen LogP contribution is -2.49. The Hall–Kier alpha value is -0.570. The van der Waals surface area contributed by atoms with Crippen LogP contribution in [0.5, 0.6) is 0 Å². The maximum Gasteiger partial charge on any atom is 0.239 e. The molecule has 1 atom stereocenters. The number of rotatable bonds is 2. The van der Waals surface area contributed by atoms with Crippen LogP contribution in [-0.4, -0.2) is 47.9 Å². The molecule has 1 unspecified atom stereocenters. The molecule has 2 rings (SSSR count). The molecule has 0 spiro atoms. The standard InChI is InChI=1S/C15H28N2O/c1-13-7-11-16(12-8-13)14(2)15(18)17-9-5-3-4-6-10-17/h13-14H,3-12H2,1-2H3. The van der Waals surface area contributed by atoms with Gasteiger partial charge in [-0.25, -0.2) is 0 Å². The van der Waals surface area contributed by atoms with Gasteiger partial charge in [0.15, 0.2) is 0 Å². The average Bonchev–Trinajstić information content (AvgIpc) is 2.67. The normalized spacial score (nSPS) is 25.8. The molecule has 0 N–H and O–H groups in total. The van der Waals surface area contributed by atoms with Crippen molar-refractivity contribution >= 4 is 5.91 Å². The smallest absolute Gasteiger partial charge is 0.239 e. The number of hydrogen-bond acceptors (Lipinski definition) is 2. The summed E-state index contributed by atoms with van der Waals surface area (Å²) >= 11 is 0. The fraction of sp³-hybridized carbons (Fsp3) is 0.933. The molecule has 0 aromatic heterocycles. The van der Waals surface area contributed by atoms with E-state index in [0.29, 0.717) is 5.91 Å². The minimum absolute atomic E-state index is 0.0931. The van der Waals surface area contributed by atoms with Gasteiger partial charge in [-0.3, -0.25) is 9.69 Å². The van der Waals surface area contributed by atoms with Gasteiger partial charge in [0.25, 0.3) is 0 Å². The lowest BCUT2D eigenvalue weighted by Gasteiger charge is -2.36. The van der Waals surface area contributed by atoms with Gasteiger partial charge in [-0.15, -0.1) is 0 Å². The Morgan fingerprint density at radius 3 is 2.11 bits per heavy atom. The Labute approximate surface area is 112 Å². The van der Waals surface area contributed by atoms with Gasteiger partial charge in [-0.2, -0.15) is 0 Å². The topological polar surface area (TPSA) is 23.6 Å². The van der Waals surface area contributed by atoms with E-state index >= 15 is 0 Å². The van der Waals surface area contributed by atoms with E-state index in [1.807, 2.05) is 0 Å². The zero-order chi connectivity index (χ0) is 13.0. The number of nitrogens with zero attached hydrogens (tertiary/aromatic N) is 2. The van der Waals surface area contributed by atoms with Crippen molar-refractivity contribution < 1.29 is 4.79 Å². The molecule has 1 amide bonds. The van der Waals surface area contributed by atoms with E-state index in [1.165, 1.54) is 38.5 Å². The summed E-state index contributed by atoms with van der Waals surface area (Å²) in [5.74, 6) is 1.20. The zero-order valence-electron chi connectivity index (χ0n) is 12.0. The first-order chi connectivity index (χ1) is 8.68. The molecule has 2 fully saturated rings. The molecule has 2 aliphatic heterocycles. The van der Waals surface area contributed by atoms with Crippen molar-refractivity contribution in [3.63, 3.8) is 0 Å². The monoisotopic (exact) mass is 252 g/mol. The molecule has 2 aliphatic rings. The summed E-state index contributed by atoms with van der Waals surface area (Å²) in [5, 5.41) is 0. The van der Waals surface area contributed by atoms with Crippen molar-refractivity contribution in [2.75, 3.05) is 26.2 Å². The van der Waals surface area contributed by atoms with Crippen molar-refractivity contribution in [1.29, 1.82) is 0 Å². The van der Waals surface area contributed by atoms with E-state index in [-0.39, 0.29) is 6.04 Å². The molecular weight excluding hydrogens is 224 g/mol. The molecule has 0 aromatic carbocycles. The number of carbonyl (C=O) groups excluding carboxylic acids is 1. The van der Waals surface area contributed by atoms with Crippen LogP contribution in [0, 0.1) is 5.92 Å². The zero-order valence-corrected chi connectivity index (χ0v) is 12.0. The van der Waals surface area contributed by atoms with Gasteiger partial charge in [0.1, 0.15) is 0 Å². The first-order valence-electron chi connectivity index (χ1n) is 7.71. The number of hydrogen-bond donors (Lipinski definition) is 0. The highest BCUT2D eigenvalue weighted by atomic mass is 16.2. The second kappa shape index (κ2) is 6.55. The van der Waals surface area contributed by atoms with Crippen LogP contribution in [0.1, 0.15) is 52.4 Å². The third-order valence-corrected chi connectivity index (χ3v) is 4.64. The van der Waals surface area contributed by atoms with Crippen LogP contribution in [0.2, 0.25) is 0 Å². The SMILES string of the molecule is CC1CCN(C(C)C(=O)N2CCCCCC2)CC1. The van der Waals surface area contributed by atoms with Crippen LogP contribution >= 0.6 is 0 Å². The van der Waals surface area contributed by atoms with Gasteiger partial charge in [-0.1, -0.05) is 19.8 Å². The van der Waals surface area contributed by atoms with Crippen LogP contribution < -0.4 is 0 Å². The summed E-state index contributed by atoms with van der Waals surface area (Å²) in [6, 6.07) is 0.0931. The lowest BCUT2D eigenvalue weighted by atomic mass is 9.98. The first-order valence-corrected chi connectivity index (χ1v) is 7.71. The molecule has 0 aliphatic carbocycles. The van der Waals surface area contributed by atoms with Crippen molar-refractivity contribution in [1.82, 2.24) is 9.80 Å². The van der Waals surface area contributed by atoms with Gasteiger partial charge in [0.05, 0.1) is 6.04 Å². The fourth-order valence-corrected chi connectivity index (χ4v) is 3.13. The Kier molecular flexibility index (Phi) is 5.04. The van der Waals surface area contributed by atoms with Crippen molar-refractivity contribution in [2.45, 2.75) is 58.4 Å². The summed E-state index contributed by atoms with van der Waals surface area (Å²) < 4.78 is 0. The fourth-order valence-electron chi connectivity index (χ4n) is 3.13. The maximum atomic E-state index is 12.5. The summed E-state index contributed by atoms with van der Waals surface area (Å²) in [6.07, 6.45) is 7.46. The van der Waals surface area contributed by atoms with Crippen molar-refractivity contribution in [2.24, 2.45) is 5.92 Å². The highest BCUT2D eigenvalue weighted by Crippen LogP contribution is 2.19. The number of carbonyl (C=O) groups is 1. The minimum atomic E-state index is 0.0931. The Morgan fingerprint density at radius 1 is 1.00 bits per heavy atom. The molecule has 0 radical (unpaired) electrons. The van der Waals surface area contributed by atoms with Crippen molar-refractivity contribution in [3.05, 3.63) is 0 Å². The Bertz CT molecular complexity index is 264. The van der Waals surface area contributed by atoms with Gasteiger partial charge >= 0.3 is 0 Å². The Balaban J connectivity index is 1.87. The number of amides is 1. The van der Waals surface area contributed by atoms with Crippen LogP contribution in [0.4, 0.5) is 0 Å². The van der Waals surface area contributed by atoms with Crippen LogP contribution in [0.25, 0.3) is 0 Å². The number of piperidine rings is 1. The molecule has 0 saturated carbocycles. The molecule has 0 bridgehead atoms. The second-order valence-corrected chi connectivity index (χ2v) is 6.13. The molecular formula is C15H28N2O. The van der Waals surface area contributed by atoms with E-state index in [9.17, 15) is 4.79 Å². The number of likely N-dealkylation sites (tertiary alicyclic amines) is 2. The summed E-state index contributed by atoms with van der Waals surface area (Å²) in [7, 11) is 0. The summed E-state index contributed by atoms with van der Waals surface area (Å²) in [5.41, 5.74) is 0. The van der Waals surface area contributed by atoms with Gasteiger partial charge in [0, 0.05) is 13.1 Å². The highest BCUT2D eigenvalue weighted by Gasteiger charge is 2.28. The maximum absolute atomic E-state index is 12.5. The van der Waals surface area contributed by atoms with Crippen LogP contribution in [0.3, 0.4) is 0 Å². The predicted octanol–water partition coefficient (Wildman–Crippen LogP) is 2.51. The van der Waals surface area contributed by atoms with E-state index in [0.717, 1.165) is 32.1 Å². The quantitative estimate of drug-likeness (QED) is 0.754. The van der Waals surface area contributed by atoms with E-state index in [1.54, 1.807) is 0 Å². The first kappa shape index (κ1) is 13.9. The largest absolute Gasteiger partial charge is 0.341 e. The highest BCUT2D eigenvalue weighted by molar-refractivity contribution is 5.81. The minimum Gasteiger partial charge on any atom is -0.341 e. The van der Waals surface area contributed by atoms with E-state index in [4.69, 9.17) is 0 Å². The molecule has 0 aromatic rings. The lowest BCUT2D eigenvalue weighted by molar-refractivity contribution is -0.136. The molecule has 3 nitrogen and oxygen atoms in total. The van der Waals surface area contributed by atoms with Crippen molar-refractivity contribution in [3.8, 4) is 0 Å². The van der Waals surface area contributed by atoms with Crippen LogP contribution in [0.15, 0.2) is 0 Å². The summed E-state index contributed by atoms with van der Waals surface area (Å²) in [4.78, 5) is 17.0. The second-order valence-electron chi connectivity index (χ2n) is 6.13. The third-order valence-electron chi connectivity index (χ3n) is 4.64. The molecule has 18 heavy (non-hydrogen) atoms.